The number of nitro groups is 1. The molecule has 2 N–H and O–H groups in total. The van der Waals surface area contributed by atoms with Crippen molar-refractivity contribution in [3.63, 3.8) is 0 Å². The van der Waals surface area contributed by atoms with Gasteiger partial charge in [0.05, 0.1) is 16.3 Å². The summed E-state index contributed by atoms with van der Waals surface area (Å²) in [6.07, 6.45) is -0.0207. The molecule has 0 bridgehead atoms. The van der Waals surface area contributed by atoms with E-state index in [-0.39, 0.29) is 22.9 Å². The number of ketones is 1. The molecule has 0 atom stereocenters. The van der Waals surface area contributed by atoms with E-state index >= 15 is 0 Å². The Bertz CT molecular complexity index is 414. The Morgan fingerprint density at radius 2 is 1.93 bits per heavy atom. The Morgan fingerprint density at radius 1 is 1.40 bits per heavy atom. The fraction of sp³-hybridized carbons (Fsp3) is 0.111. The Labute approximate surface area is 91.0 Å². The van der Waals surface area contributed by atoms with Crippen LogP contribution < -0.4 is 5.73 Å². The van der Waals surface area contributed by atoms with Crippen molar-refractivity contribution >= 4 is 28.7 Å². The van der Waals surface area contributed by atoms with Crippen molar-refractivity contribution in [2.24, 2.45) is 5.73 Å². The topological polar surface area (TPSA) is 86.2 Å². The van der Waals surface area contributed by atoms with E-state index in [0.29, 0.717) is 5.56 Å². The number of nitrogens with zero attached hydrogens (tertiary/aromatic N) is 1. The molecule has 0 aliphatic heterocycles. The highest BCUT2D eigenvalue weighted by atomic mass is 32.1. The average Bonchev–Trinajstić information content (AvgIpc) is 2.17. The third-order valence-corrected chi connectivity index (χ3v) is 1.88. The van der Waals surface area contributed by atoms with Gasteiger partial charge in [0.25, 0.3) is 5.69 Å². The lowest BCUT2D eigenvalue weighted by Crippen LogP contribution is -2.14. The number of hydrogen-bond donors (Lipinski definition) is 1. The van der Waals surface area contributed by atoms with Gasteiger partial charge in [-0.05, 0) is 12.1 Å². The summed E-state index contributed by atoms with van der Waals surface area (Å²) in [6.45, 7) is 0. The summed E-state index contributed by atoms with van der Waals surface area (Å²) in [7, 11) is 0. The fourth-order valence-electron chi connectivity index (χ4n) is 1.03. The number of thiocarbonyl (C=S) groups is 1. The molecule has 0 heterocycles. The number of hydrogen-bond acceptors (Lipinski definition) is 4. The van der Waals surface area contributed by atoms with Crippen LogP contribution in [0.5, 0.6) is 0 Å². The Hall–Kier alpha value is -1.82. The second kappa shape index (κ2) is 4.61. The largest absolute Gasteiger partial charge is 0.393 e. The lowest BCUT2D eigenvalue weighted by molar-refractivity contribution is -0.384. The fourth-order valence-corrected chi connectivity index (χ4v) is 1.16. The molecule has 0 unspecified atom stereocenters. The van der Waals surface area contributed by atoms with Crippen LogP contribution in [0.3, 0.4) is 0 Å². The summed E-state index contributed by atoms with van der Waals surface area (Å²) < 4.78 is 0. The predicted octanol–water partition coefficient (Wildman–Crippen LogP) is 1.45. The first-order chi connectivity index (χ1) is 7.00. The zero-order chi connectivity index (χ0) is 11.4. The van der Waals surface area contributed by atoms with Crippen LogP contribution >= 0.6 is 12.2 Å². The summed E-state index contributed by atoms with van der Waals surface area (Å²) in [4.78, 5) is 21.3. The van der Waals surface area contributed by atoms with Gasteiger partial charge in [-0.15, -0.1) is 0 Å². The van der Waals surface area contributed by atoms with E-state index in [0.717, 1.165) is 0 Å². The molecule has 0 saturated carbocycles. The number of nitrogens with two attached hydrogens (primary N) is 1. The van der Waals surface area contributed by atoms with Crippen LogP contribution in [0.2, 0.25) is 0 Å². The van der Waals surface area contributed by atoms with Gasteiger partial charge in [-0.3, -0.25) is 14.9 Å². The number of benzene rings is 1. The minimum atomic E-state index is -0.526. The van der Waals surface area contributed by atoms with Gasteiger partial charge in [-0.1, -0.05) is 12.2 Å². The summed E-state index contributed by atoms with van der Waals surface area (Å²) in [6, 6.07) is 5.32. The van der Waals surface area contributed by atoms with Crippen LogP contribution in [-0.2, 0) is 0 Å². The van der Waals surface area contributed by atoms with E-state index in [1.54, 1.807) is 0 Å². The van der Waals surface area contributed by atoms with Gasteiger partial charge in [0.2, 0.25) is 0 Å². The zero-order valence-electron chi connectivity index (χ0n) is 7.67. The number of carbonyl (C=O) groups excluding carboxylic acids is 1. The van der Waals surface area contributed by atoms with E-state index in [1.165, 1.54) is 24.3 Å². The first kappa shape index (κ1) is 11.3. The van der Waals surface area contributed by atoms with E-state index in [1.807, 2.05) is 0 Å². The van der Waals surface area contributed by atoms with Crippen molar-refractivity contribution in [2.45, 2.75) is 6.42 Å². The maximum Gasteiger partial charge on any atom is 0.269 e. The second-order valence-electron chi connectivity index (χ2n) is 2.87. The first-order valence-corrected chi connectivity index (χ1v) is 4.47. The minimum absolute atomic E-state index is 0.0207. The van der Waals surface area contributed by atoms with Crippen LogP contribution in [0.4, 0.5) is 5.69 Å². The highest BCUT2D eigenvalue weighted by Gasteiger charge is 2.09. The van der Waals surface area contributed by atoms with E-state index in [2.05, 4.69) is 12.2 Å². The standard InChI is InChI=1S/C9H8N2O3S/c10-9(15)5-8(12)6-1-3-7(4-2-6)11(13)14/h1-4H,5H2,(H2,10,15). The molecule has 0 amide bonds. The van der Waals surface area contributed by atoms with Crippen molar-refractivity contribution in [3.8, 4) is 0 Å². The van der Waals surface area contributed by atoms with Crippen molar-refractivity contribution in [1.82, 2.24) is 0 Å². The van der Waals surface area contributed by atoms with Crippen LogP contribution in [0.1, 0.15) is 16.8 Å². The third kappa shape index (κ3) is 3.10. The molecule has 0 radical (unpaired) electrons. The molecule has 0 aliphatic carbocycles. The summed E-state index contributed by atoms with van der Waals surface area (Å²) in [5.74, 6) is -0.239. The van der Waals surface area contributed by atoms with E-state index < -0.39 is 4.92 Å². The molecule has 0 spiro atoms. The highest BCUT2D eigenvalue weighted by Crippen LogP contribution is 2.13. The van der Waals surface area contributed by atoms with Crippen molar-refractivity contribution in [1.29, 1.82) is 0 Å². The molecule has 1 rings (SSSR count). The SMILES string of the molecule is NC(=S)CC(=O)c1ccc([N+](=O)[O-])cc1. The second-order valence-corrected chi connectivity index (χ2v) is 3.39. The molecule has 0 saturated heterocycles. The molecular weight excluding hydrogens is 216 g/mol. The normalized spacial score (nSPS) is 9.60. The third-order valence-electron chi connectivity index (χ3n) is 1.73. The smallest absolute Gasteiger partial charge is 0.269 e. The molecule has 6 heteroatoms. The molecule has 5 nitrogen and oxygen atoms in total. The van der Waals surface area contributed by atoms with Crippen LogP contribution in [0.25, 0.3) is 0 Å². The molecular formula is C9H8N2O3S. The van der Waals surface area contributed by atoms with Gasteiger partial charge in [-0.2, -0.15) is 0 Å². The molecule has 0 aliphatic rings. The quantitative estimate of drug-likeness (QED) is 0.362. The lowest BCUT2D eigenvalue weighted by atomic mass is 10.1. The Morgan fingerprint density at radius 3 is 2.33 bits per heavy atom. The molecule has 0 fully saturated rings. The maximum atomic E-state index is 11.4. The van der Waals surface area contributed by atoms with Crippen molar-refractivity contribution in [3.05, 3.63) is 39.9 Å². The van der Waals surface area contributed by atoms with E-state index in [4.69, 9.17) is 5.73 Å². The zero-order valence-corrected chi connectivity index (χ0v) is 8.49. The summed E-state index contributed by atoms with van der Waals surface area (Å²) in [5.41, 5.74) is 5.53. The first-order valence-electron chi connectivity index (χ1n) is 4.06. The summed E-state index contributed by atoms with van der Waals surface area (Å²) in [5, 5.41) is 10.3. The predicted molar refractivity (Wildman–Crippen MR) is 58.8 cm³/mol. The number of carbonyl (C=O) groups is 1. The van der Waals surface area contributed by atoms with Gasteiger partial charge in [0.1, 0.15) is 0 Å². The monoisotopic (exact) mass is 224 g/mol. The van der Waals surface area contributed by atoms with Gasteiger partial charge < -0.3 is 5.73 Å². The number of rotatable bonds is 4. The van der Waals surface area contributed by atoms with E-state index in [9.17, 15) is 14.9 Å². The van der Waals surface area contributed by atoms with Gasteiger partial charge in [0.15, 0.2) is 5.78 Å². The molecule has 1 aromatic carbocycles. The Balaban J connectivity index is 2.84. The van der Waals surface area contributed by atoms with Crippen molar-refractivity contribution in [2.75, 3.05) is 0 Å². The molecule has 15 heavy (non-hydrogen) atoms. The van der Waals surface area contributed by atoms with Gasteiger partial charge in [0, 0.05) is 17.7 Å². The minimum Gasteiger partial charge on any atom is -0.393 e. The molecule has 1 aromatic rings. The highest BCUT2D eigenvalue weighted by molar-refractivity contribution is 7.80. The average molecular weight is 224 g/mol. The number of nitro benzene ring substituents is 1. The molecule has 0 aromatic heterocycles. The van der Waals surface area contributed by atoms with Crippen LogP contribution in [-0.4, -0.2) is 15.7 Å². The molecule has 78 valence electrons. The van der Waals surface area contributed by atoms with Crippen molar-refractivity contribution < 1.29 is 9.72 Å². The van der Waals surface area contributed by atoms with Gasteiger partial charge >= 0.3 is 0 Å². The van der Waals surface area contributed by atoms with Gasteiger partial charge in [-0.25, -0.2) is 0 Å². The lowest BCUT2D eigenvalue weighted by Gasteiger charge is -1.98. The van der Waals surface area contributed by atoms with Crippen LogP contribution in [0, 0.1) is 10.1 Å². The summed E-state index contributed by atoms with van der Waals surface area (Å²) >= 11 is 4.59. The maximum absolute atomic E-state index is 11.4. The van der Waals surface area contributed by atoms with Crippen LogP contribution in [0.15, 0.2) is 24.3 Å². The Kier molecular flexibility index (Phi) is 3.46. The number of non-ortho nitro benzene ring substituents is 1. The number of Topliss-reactive ketones (excluding diaryl/α,β-unsaturated/α-hetero) is 1.